The van der Waals surface area contributed by atoms with Crippen molar-refractivity contribution in [2.75, 3.05) is 11.9 Å². The van der Waals surface area contributed by atoms with Gasteiger partial charge < -0.3 is 14.6 Å². The molecule has 0 saturated heterocycles. The number of ether oxygens (including phenoxy) is 1. The third-order valence-electron chi connectivity index (χ3n) is 4.70. The third kappa shape index (κ3) is 4.42. The van der Waals surface area contributed by atoms with Gasteiger partial charge in [-0.3, -0.25) is 4.79 Å². The maximum atomic E-state index is 12.3. The second-order valence-electron chi connectivity index (χ2n) is 6.39. The van der Waals surface area contributed by atoms with E-state index in [0.29, 0.717) is 11.4 Å². The lowest BCUT2D eigenvalue weighted by Crippen LogP contribution is -2.23. The van der Waals surface area contributed by atoms with Crippen LogP contribution in [0.3, 0.4) is 0 Å². The van der Waals surface area contributed by atoms with Crippen molar-refractivity contribution in [3.05, 3.63) is 41.1 Å². The fourth-order valence-electron chi connectivity index (χ4n) is 3.30. The van der Waals surface area contributed by atoms with Crippen LogP contribution in [-0.4, -0.2) is 23.1 Å². The number of aromatic nitrogens is 1. The second kappa shape index (κ2) is 9.04. The number of allylic oxidation sites excluding steroid dienone is 3. The van der Waals surface area contributed by atoms with Crippen LogP contribution in [-0.2, 0) is 14.3 Å². The molecule has 0 aliphatic heterocycles. The van der Waals surface area contributed by atoms with Gasteiger partial charge in [0.1, 0.15) is 11.9 Å². The Bertz CT molecular complexity index is 775. The summed E-state index contributed by atoms with van der Waals surface area (Å²) in [6, 6.07) is 2.48. The molecule has 138 valence electrons. The number of esters is 1. The minimum atomic E-state index is -0.586. The molecule has 1 aliphatic carbocycles. The maximum Gasteiger partial charge on any atom is 0.331 e. The fraction of sp³-hybridized carbons (Fsp3) is 0.450. The summed E-state index contributed by atoms with van der Waals surface area (Å²) in [4.78, 5) is 23.8. The average molecular weight is 355 g/mol. The molecular formula is C20H25N3O3. The van der Waals surface area contributed by atoms with Crippen molar-refractivity contribution in [1.29, 1.82) is 5.26 Å². The number of amides is 1. The molecule has 1 aromatic rings. The Morgan fingerprint density at radius 3 is 2.62 bits per heavy atom. The summed E-state index contributed by atoms with van der Waals surface area (Å²) in [5.41, 5.74) is 2.35. The molecule has 1 fully saturated rings. The molecule has 1 N–H and O–H groups in total. The average Bonchev–Trinajstić information content (AvgIpc) is 3.21. The van der Waals surface area contributed by atoms with Crippen LogP contribution in [0.5, 0.6) is 0 Å². The van der Waals surface area contributed by atoms with Crippen LogP contribution in [0.25, 0.3) is 0 Å². The van der Waals surface area contributed by atoms with Crippen LogP contribution >= 0.6 is 0 Å². The van der Waals surface area contributed by atoms with Gasteiger partial charge in [0.05, 0.1) is 5.56 Å². The summed E-state index contributed by atoms with van der Waals surface area (Å²) in [5, 5.41) is 12.3. The molecule has 6 heteroatoms. The minimum absolute atomic E-state index is 0.289. The van der Waals surface area contributed by atoms with E-state index < -0.39 is 18.5 Å². The number of nitriles is 1. The summed E-state index contributed by atoms with van der Waals surface area (Å²) in [5.74, 6) is -0.525. The number of carbonyl (C=O) groups is 2. The van der Waals surface area contributed by atoms with E-state index in [1.54, 1.807) is 18.2 Å². The quantitative estimate of drug-likeness (QED) is 0.479. The van der Waals surface area contributed by atoms with Gasteiger partial charge >= 0.3 is 5.97 Å². The predicted molar refractivity (Wildman–Crippen MR) is 99.7 cm³/mol. The first kappa shape index (κ1) is 19.5. The monoisotopic (exact) mass is 355 g/mol. The number of nitrogens with one attached hydrogen (secondary N) is 1. The first-order chi connectivity index (χ1) is 12.5. The van der Waals surface area contributed by atoms with Gasteiger partial charge in [-0.25, -0.2) is 4.79 Å². The van der Waals surface area contributed by atoms with E-state index in [4.69, 9.17) is 4.74 Å². The highest BCUT2D eigenvalue weighted by molar-refractivity contribution is 5.94. The number of rotatable bonds is 6. The first-order valence-electron chi connectivity index (χ1n) is 8.87. The molecule has 0 atom stereocenters. The molecule has 1 saturated carbocycles. The Hall–Kier alpha value is -2.81. The molecule has 0 spiro atoms. The molecule has 6 nitrogen and oxygen atoms in total. The van der Waals surface area contributed by atoms with Crippen LogP contribution in [0, 0.1) is 25.2 Å². The van der Waals surface area contributed by atoms with Crippen LogP contribution in [0.15, 0.2) is 24.3 Å². The molecule has 1 heterocycles. The molecule has 1 aromatic heterocycles. The van der Waals surface area contributed by atoms with E-state index in [2.05, 4.69) is 16.0 Å². The molecule has 2 rings (SSSR count). The highest BCUT2D eigenvalue weighted by Gasteiger charge is 2.26. The van der Waals surface area contributed by atoms with E-state index in [0.717, 1.165) is 36.9 Å². The maximum absolute atomic E-state index is 12.3. The number of hydrogen-bond acceptors (Lipinski definition) is 4. The van der Waals surface area contributed by atoms with Crippen molar-refractivity contribution in [2.24, 2.45) is 0 Å². The summed E-state index contributed by atoms with van der Waals surface area (Å²) in [7, 11) is 0. The zero-order valence-electron chi connectivity index (χ0n) is 15.5. The van der Waals surface area contributed by atoms with Crippen molar-refractivity contribution in [3.63, 3.8) is 0 Å². The summed E-state index contributed by atoms with van der Waals surface area (Å²) in [6.07, 6.45) is 10.6. The van der Waals surface area contributed by atoms with Gasteiger partial charge in [0.15, 0.2) is 6.61 Å². The lowest BCUT2D eigenvalue weighted by Gasteiger charge is -2.19. The van der Waals surface area contributed by atoms with Gasteiger partial charge in [0, 0.05) is 17.8 Å². The van der Waals surface area contributed by atoms with Gasteiger partial charge in [0.25, 0.3) is 5.91 Å². The number of nitrogens with zero attached hydrogens (tertiary/aromatic N) is 2. The van der Waals surface area contributed by atoms with Crippen molar-refractivity contribution in [2.45, 2.75) is 52.5 Å². The summed E-state index contributed by atoms with van der Waals surface area (Å²) >= 11 is 0. The standard InChI is InChI=1S/C20H25N3O3/c1-4-5-6-11-19(25)26-13-18(24)22-20-17(12-21)14(2)15(3)23(20)16-9-7-8-10-16/h4-6,11,16H,7-10,13H2,1-3H3,(H,22,24)/b5-4+,11-6+. The first-order valence-corrected chi connectivity index (χ1v) is 8.87. The van der Waals surface area contributed by atoms with Crippen molar-refractivity contribution in [1.82, 2.24) is 4.57 Å². The van der Waals surface area contributed by atoms with E-state index in [9.17, 15) is 14.9 Å². The molecule has 0 radical (unpaired) electrons. The summed E-state index contributed by atoms with van der Waals surface area (Å²) in [6.45, 7) is 5.30. The van der Waals surface area contributed by atoms with E-state index in [1.165, 1.54) is 6.08 Å². The lowest BCUT2D eigenvalue weighted by atomic mass is 10.2. The number of anilines is 1. The van der Waals surface area contributed by atoms with Gasteiger partial charge in [0.2, 0.25) is 0 Å². The van der Waals surface area contributed by atoms with Gasteiger partial charge in [-0.15, -0.1) is 0 Å². The Kier molecular flexibility index (Phi) is 6.79. The lowest BCUT2D eigenvalue weighted by molar-refractivity contribution is -0.142. The van der Waals surface area contributed by atoms with Crippen molar-refractivity contribution < 1.29 is 14.3 Å². The Morgan fingerprint density at radius 1 is 1.31 bits per heavy atom. The smallest absolute Gasteiger partial charge is 0.331 e. The Balaban J connectivity index is 2.13. The highest BCUT2D eigenvalue weighted by Crippen LogP contribution is 2.37. The van der Waals surface area contributed by atoms with Crippen molar-refractivity contribution >= 4 is 17.7 Å². The predicted octanol–water partition coefficient (Wildman–Crippen LogP) is 3.71. The van der Waals surface area contributed by atoms with Crippen LogP contribution in [0.4, 0.5) is 5.82 Å². The van der Waals surface area contributed by atoms with E-state index in [1.807, 2.05) is 20.8 Å². The van der Waals surface area contributed by atoms with Crippen LogP contribution in [0.1, 0.15) is 55.5 Å². The second-order valence-corrected chi connectivity index (χ2v) is 6.39. The van der Waals surface area contributed by atoms with Crippen LogP contribution in [0.2, 0.25) is 0 Å². The van der Waals surface area contributed by atoms with Gasteiger partial charge in [-0.05, 0) is 39.2 Å². The zero-order valence-corrected chi connectivity index (χ0v) is 15.5. The van der Waals surface area contributed by atoms with Crippen LogP contribution < -0.4 is 5.32 Å². The molecule has 1 amide bonds. The highest BCUT2D eigenvalue weighted by atomic mass is 16.5. The Morgan fingerprint density at radius 2 is 2.00 bits per heavy atom. The van der Waals surface area contributed by atoms with Gasteiger partial charge in [-0.2, -0.15) is 5.26 Å². The molecule has 0 unspecified atom stereocenters. The molecule has 0 bridgehead atoms. The normalized spacial score (nSPS) is 14.8. The Labute approximate surface area is 154 Å². The topological polar surface area (TPSA) is 84.1 Å². The molecule has 26 heavy (non-hydrogen) atoms. The SMILES string of the molecule is C/C=C/C=C/C(=O)OCC(=O)Nc1c(C#N)c(C)c(C)n1C1CCCC1. The largest absolute Gasteiger partial charge is 0.452 e. The summed E-state index contributed by atoms with van der Waals surface area (Å²) < 4.78 is 7.00. The number of carbonyl (C=O) groups excluding carboxylic acids is 2. The molecule has 0 aromatic carbocycles. The minimum Gasteiger partial charge on any atom is -0.452 e. The fourth-order valence-corrected chi connectivity index (χ4v) is 3.30. The molecule has 1 aliphatic rings. The van der Waals surface area contributed by atoms with E-state index >= 15 is 0 Å². The van der Waals surface area contributed by atoms with Crippen molar-refractivity contribution in [3.8, 4) is 6.07 Å². The third-order valence-corrected chi connectivity index (χ3v) is 4.70. The van der Waals surface area contributed by atoms with Gasteiger partial charge in [-0.1, -0.05) is 31.1 Å². The zero-order chi connectivity index (χ0) is 19.1. The van der Waals surface area contributed by atoms with E-state index in [-0.39, 0.29) is 6.04 Å². The number of hydrogen-bond donors (Lipinski definition) is 1. The molecular weight excluding hydrogens is 330 g/mol.